The lowest BCUT2D eigenvalue weighted by molar-refractivity contribution is 0.0754. The molecule has 2 atom stereocenters. The molecule has 0 aliphatic carbocycles. The second-order valence-corrected chi connectivity index (χ2v) is 11.0. The molecule has 4 rings (SSSR count). The van der Waals surface area contributed by atoms with Crippen LogP contribution >= 0.6 is 23.2 Å². The highest BCUT2D eigenvalue weighted by Crippen LogP contribution is 2.34. The van der Waals surface area contributed by atoms with Gasteiger partial charge in [-0.2, -0.15) is 5.26 Å². The van der Waals surface area contributed by atoms with Crippen molar-refractivity contribution in [1.82, 2.24) is 9.80 Å². The fourth-order valence-corrected chi connectivity index (χ4v) is 6.07. The van der Waals surface area contributed by atoms with Gasteiger partial charge in [-0.25, -0.2) is 0 Å². The van der Waals surface area contributed by atoms with Gasteiger partial charge in [0, 0.05) is 24.8 Å². The van der Waals surface area contributed by atoms with Gasteiger partial charge in [0.2, 0.25) is 0 Å². The number of carbonyl (C=O) groups is 1. The van der Waals surface area contributed by atoms with Crippen LogP contribution < -0.4 is 0 Å². The van der Waals surface area contributed by atoms with Gasteiger partial charge < -0.3 is 9.80 Å². The lowest BCUT2D eigenvalue weighted by Gasteiger charge is -2.28. The first-order chi connectivity index (χ1) is 16.3. The van der Waals surface area contributed by atoms with Gasteiger partial charge in [-0.1, -0.05) is 53.5 Å². The lowest BCUT2D eigenvalue weighted by Crippen LogP contribution is -2.36. The number of hydrogen-bond acceptors (Lipinski definition) is 4. The third kappa shape index (κ3) is 4.99. The number of halogens is 2. The summed E-state index contributed by atoms with van der Waals surface area (Å²) >= 11 is 12.5. The lowest BCUT2D eigenvalue weighted by atomic mass is 9.94. The zero-order valence-electron chi connectivity index (χ0n) is 19.1. The van der Waals surface area contributed by atoms with Crippen molar-refractivity contribution in [2.24, 2.45) is 0 Å². The minimum absolute atomic E-state index is 0.0153. The molecule has 0 saturated carbocycles. The average molecular weight is 514 g/mol. The van der Waals surface area contributed by atoms with E-state index in [0.29, 0.717) is 39.2 Å². The molecule has 0 spiro atoms. The van der Waals surface area contributed by atoms with Crippen LogP contribution in [0.2, 0.25) is 10.0 Å². The summed E-state index contributed by atoms with van der Waals surface area (Å²) < 4.78 is 13.2. The molecule has 0 radical (unpaired) electrons. The van der Waals surface area contributed by atoms with Crippen molar-refractivity contribution >= 4 is 50.7 Å². The standard InChI is InChI=1S/C26H25Cl2N3O2S/c1-30(2)10-9-19(17-7-8-22(27)23(28)14-17)16-31-11-12-34(33)25-20(15-29)13-18-5-3-4-6-21(18)24(25)26(31)32/h3-8,13-14,19H,9-12,16H2,1-2H3/t19-,34+/m1/s1. The summed E-state index contributed by atoms with van der Waals surface area (Å²) in [6.45, 7) is 1.63. The number of carbonyl (C=O) groups excluding carboxylic acids is 1. The molecule has 0 saturated heterocycles. The summed E-state index contributed by atoms with van der Waals surface area (Å²) in [5.41, 5.74) is 1.69. The van der Waals surface area contributed by atoms with E-state index in [-0.39, 0.29) is 17.6 Å². The molecule has 8 heteroatoms. The topological polar surface area (TPSA) is 64.4 Å². The first kappa shape index (κ1) is 24.7. The normalized spacial score (nSPS) is 16.9. The van der Waals surface area contributed by atoms with Crippen molar-refractivity contribution in [3.63, 3.8) is 0 Å². The molecule has 1 amide bonds. The Morgan fingerprint density at radius 3 is 2.62 bits per heavy atom. The average Bonchev–Trinajstić information content (AvgIpc) is 2.94. The third-order valence-electron chi connectivity index (χ3n) is 6.18. The summed E-state index contributed by atoms with van der Waals surface area (Å²) in [6, 6.07) is 16.9. The highest BCUT2D eigenvalue weighted by molar-refractivity contribution is 7.85. The molecule has 1 heterocycles. The fourth-order valence-electron chi connectivity index (χ4n) is 4.40. The van der Waals surface area contributed by atoms with Crippen LogP contribution in [-0.2, 0) is 10.8 Å². The smallest absolute Gasteiger partial charge is 0.255 e. The van der Waals surface area contributed by atoms with Crippen molar-refractivity contribution in [2.45, 2.75) is 17.2 Å². The minimum atomic E-state index is -1.45. The molecule has 34 heavy (non-hydrogen) atoms. The molecule has 1 aliphatic rings. The number of amides is 1. The number of nitrogens with zero attached hydrogens (tertiary/aromatic N) is 3. The van der Waals surface area contributed by atoms with E-state index >= 15 is 0 Å². The van der Waals surface area contributed by atoms with E-state index in [4.69, 9.17) is 23.2 Å². The Labute approximate surface area is 212 Å². The third-order valence-corrected chi connectivity index (χ3v) is 8.35. The first-order valence-corrected chi connectivity index (χ1v) is 13.1. The number of benzene rings is 3. The molecule has 1 aliphatic heterocycles. The molecule has 0 fully saturated rings. The van der Waals surface area contributed by atoms with Crippen molar-refractivity contribution in [3.8, 4) is 6.07 Å². The minimum Gasteiger partial charge on any atom is -0.337 e. The summed E-state index contributed by atoms with van der Waals surface area (Å²) in [5, 5.41) is 12.2. The number of fused-ring (bicyclic) bond motifs is 3. The van der Waals surface area contributed by atoms with Gasteiger partial charge in [0.1, 0.15) is 6.07 Å². The maximum atomic E-state index is 13.9. The molecular weight excluding hydrogens is 489 g/mol. The first-order valence-electron chi connectivity index (χ1n) is 11.0. The van der Waals surface area contributed by atoms with Crippen molar-refractivity contribution in [2.75, 3.05) is 39.5 Å². The van der Waals surface area contributed by atoms with Crippen LogP contribution in [0.3, 0.4) is 0 Å². The van der Waals surface area contributed by atoms with Crippen LogP contribution in [0.5, 0.6) is 0 Å². The summed E-state index contributed by atoms with van der Waals surface area (Å²) in [6.07, 6.45) is 0.809. The summed E-state index contributed by atoms with van der Waals surface area (Å²) in [7, 11) is 2.57. The molecule has 0 aromatic heterocycles. The molecule has 0 unspecified atom stereocenters. The van der Waals surface area contributed by atoms with Crippen LogP contribution in [0.15, 0.2) is 53.4 Å². The van der Waals surface area contributed by atoms with Gasteiger partial charge in [-0.3, -0.25) is 9.00 Å². The predicted octanol–water partition coefficient (Wildman–Crippen LogP) is 5.32. The highest BCUT2D eigenvalue weighted by atomic mass is 35.5. The Morgan fingerprint density at radius 1 is 1.15 bits per heavy atom. The zero-order valence-corrected chi connectivity index (χ0v) is 21.4. The molecule has 176 valence electrons. The van der Waals surface area contributed by atoms with Gasteiger partial charge in [0.15, 0.2) is 0 Å². The van der Waals surface area contributed by atoms with Crippen LogP contribution in [0, 0.1) is 11.3 Å². The van der Waals surface area contributed by atoms with Gasteiger partial charge in [0.05, 0.1) is 36.9 Å². The molecule has 0 bridgehead atoms. The van der Waals surface area contributed by atoms with E-state index < -0.39 is 10.8 Å². The van der Waals surface area contributed by atoms with E-state index in [1.54, 1.807) is 17.0 Å². The van der Waals surface area contributed by atoms with Gasteiger partial charge in [-0.15, -0.1) is 0 Å². The second kappa shape index (κ2) is 10.5. The Morgan fingerprint density at radius 2 is 1.91 bits per heavy atom. The quantitative estimate of drug-likeness (QED) is 0.447. The molecule has 3 aromatic rings. The van der Waals surface area contributed by atoms with E-state index in [2.05, 4.69) is 11.0 Å². The second-order valence-electron chi connectivity index (χ2n) is 8.72. The van der Waals surface area contributed by atoms with Gasteiger partial charge in [0.25, 0.3) is 5.91 Å². The Hall–Kier alpha value is -2.43. The van der Waals surface area contributed by atoms with E-state index in [0.717, 1.165) is 29.3 Å². The summed E-state index contributed by atoms with van der Waals surface area (Å²) in [5.74, 6) is 0.110. The van der Waals surface area contributed by atoms with Crippen molar-refractivity contribution < 1.29 is 9.00 Å². The van der Waals surface area contributed by atoms with Crippen molar-refractivity contribution in [1.29, 1.82) is 5.26 Å². The summed E-state index contributed by atoms with van der Waals surface area (Å²) in [4.78, 5) is 18.2. The van der Waals surface area contributed by atoms with Crippen LogP contribution in [-0.4, -0.2) is 59.4 Å². The Bertz CT molecular complexity index is 1320. The monoisotopic (exact) mass is 513 g/mol. The zero-order chi connectivity index (χ0) is 24.4. The molecule has 0 N–H and O–H groups in total. The van der Waals surface area contributed by atoms with E-state index in [9.17, 15) is 14.3 Å². The SMILES string of the molecule is CN(C)CC[C@H](CN1CC[S@](=O)c2c(C#N)cc3ccccc3c2C1=O)c1ccc(Cl)c(Cl)c1. The van der Waals surface area contributed by atoms with Gasteiger partial charge >= 0.3 is 0 Å². The Kier molecular flexibility index (Phi) is 7.59. The van der Waals surface area contributed by atoms with E-state index in [1.165, 1.54) is 0 Å². The number of nitriles is 1. The molecule has 5 nitrogen and oxygen atoms in total. The maximum absolute atomic E-state index is 13.9. The predicted molar refractivity (Wildman–Crippen MR) is 138 cm³/mol. The van der Waals surface area contributed by atoms with E-state index in [1.807, 2.05) is 50.5 Å². The van der Waals surface area contributed by atoms with Crippen molar-refractivity contribution in [3.05, 3.63) is 75.3 Å². The Balaban J connectivity index is 1.77. The molecule has 3 aromatic carbocycles. The van der Waals surface area contributed by atoms with Crippen LogP contribution in [0.25, 0.3) is 10.8 Å². The highest BCUT2D eigenvalue weighted by Gasteiger charge is 2.32. The maximum Gasteiger partial charge on any atom is 0.255 e. The largest absolute Gasteiger partial charge is 0.337 e. The van der Waals surface area contributed by atoms with Gasteiger partial charge in [-0.05, 0) is 61.6 Å². The van der Waals surface area contributed by atoms with Crippen LogP contribution in [0.1, 0.15) is 33.8 Å². The number of hydrogen-bond donors (Lipinski definition) is 0. The fraction of sp³-hybridized carbons (Fsp3) is 0.308. The molecular formula is C26H25Cl2N3O2S. The number of rotatable bonds is 6. The van der Waals surface area contributed by atoms with Crippen LogP contribution in [0.4, 0.5) is 0 Å².